The molecule has 0 aromatic heterocycles. The van der Waals surface area contributed by atoms with Crippen LogP contribution in [0.4, 0.5) is 0 Å². The minimum Gasteiger partial charge on any atom is -0.458 e. The Morgan fingerprint density at radius 2 is 0.860 bits per heavy atom. The van der Waals surface area contributed by atoms with Crippen molar-refractivity contribution in [3.8, 4) is 22.3 Å². The predicted octanol–water partition coefficient (Wildman–Crippen LogP) is 14.9. The van der Waals surface area contributed by atoms with Crippen molar-refractivity contribution in [2.45, 2.75) is 154 Å². The average Bonchev–Trinajstić information content (AvgIpc) is 3.26. The summed E-state index contributed by atoms with van der Waals surface area (Å²) >= 11 is 0. The lowest BCUT2D eigenvalue weighted by Crippen LogP contribution is -2.22. The summed E-state index contributed by atoms with van der Waals surface area (Å²) in [6.07, 6.45) is 23.8. The molecule has 0 bridgehead atoms. The molecule has 6 rings (SSSR count). The van der Waals surface area contributed by atoms with E-state index in [1.807, 2.05) is 36.4 Å². The van der Waals surface area contributed by atoms with Gasteiger partial charge in [-0.05, 0) is 140 Å². The van der Waals surface area contributed by atoms with Crippen molar-refractivity contribution in [3.63, 3.8) is 0 Å². The van der Waals surface area contributed by atoms with Crippen LogP contribution in [0.1, 0.15) is 180 Å². The molecule has 304 valence electrons. The van der Waals surface area contributed by atoms with Gasteiger partial charge in [0.1, 0.15) is 12.7 Å². The van der Waals surface area contributed by atoms with Crippen molar-refractivity contribution >= 4 is 11.9 Å². The number of carbonyl (C=O) groups excluding carboxylic acids is 2. The lowest BCUT2D eigenvalue weighted by molar-refractivity contribution is 0.00448. The normalized spacial score (nSPS) is 20.1. The molecular weight excluding hydrogens is 701 g/mol. The van der Waals surface area contributed by atoms with Crippen LogP contribution >= 0.6 is 0 Å². The van der Waals surface area contributed by atoms with Gasteiger partial charge in [-0.15, -0.1) is 0 Å². The van der Waals surface area contributed by atoms with Crippen molar-refractivity contribution in [2.75, 3.05) is 6.61 Å². The highest BCUT2D eigenvalue weighted by Gasteiger charge is 2.24. The third-order valence-electron chi connectivity index (χ3n) is 13.1. The highest BCUT2D eigenvalue weighted by atomic mass is 16.6. The fourth-order valence-electron chi connectivity index (χ4n) is 9.34. The fourth-order valence-corrected chi connectivity index (χ4v) is 9.34. The minimum absolute atomic E-state index is 0.0143. The molecule has 4 nitrogen and oxygen atoms in total. The quantitative estimate of drug-likeness (QED) is 0.0704. The van der Waals surface area contributed by atoms with Gasteiger partial charge in [-0.2, -0.15) is 0 Å². The van der Waals surface area contributed by atoms with Gasteiger partial charge < -0.3 is 9.47 Å². The first kappa shape index (κ1) is 42.4. The molecule has 1 atom stereocenters. The van der Waals surface area contributed by atoms with Gasteiger partial charge >= 0.3 is 11.9 Å². The average molecular weight is 769 g/mol. The largest absolute Gasteiger partial charge is 0.458 e. The molecule has 0 spiro atoms. The first-order valence-electron chi connectivity index (χ1n) is 22.7. The van der Waals surface area contributed by atoms with Crippen molar-refractivity contribution in [2.24, 2.45) is 11.8 Å². The van der Waals surface area contributed by atoms with E-state index in [1.54, 1.807) is 19.1 Å². The van der Waals surface area contributed by atoms with E-state index in [0.29, 0.717) is 23.0 Å². The predicted molar refractivity (Wildman–Crippen MR) is 236 cm³/mol. The van der Waals surface area contributed by atoms with E-state index in [1.165, 1.54) is 127 Å². The Bertz CT molecular complexity index is 1770. The summed E-state index contributed by atoms with van der Waals surface area (Å²) in [5.74, 6) is 2.32. The summed E-state index contributed by atoms with van der Waals surface area (Å²) in [5.41, 5.74) is 8.28. The van der Waals surface area contributed by atoms with Gasteiger partial charge in [0.15, 0.2) is 0 Å². The van der Waals surface area contributed by atoms with Crippen LogP contribution in [0.5, 0.6) is 0 Å². The second-order valence-electron chi connectivity index (χ2n) is 17.3. The van der Waals surface area contributed by atoms with E-state index >= 15 is 0 Å². The number of hydrogen-bond donors (Lipinski definition) is 0. The summed E-state index contributed by atoms with van der Waals surface area (Å²) in [6, 6.07) is 33.1. The van der Waals surface area contributed by atoms with Gasteiger partial charge in [-0.1, -0.05) is 151 Å². The molecule has 2 fully saturated rings. The zero-order chi connectivity index (χ0) is 39.8. The summed E-state index contributed by atoms with van der Waals surface area (Å²) in [7, 11) is 0. The van der Waals surface area contributed by atoms with E-state index in [-0.39, 0.29) is 6.61 Å². The Balaban J connectivity index is 0.901. The Morgan fingerprint density at radius 1 is 0.491 bits per heavy atom. The first-order valence-corrected chi connectivity index (χ1v) is 22.7. The molecule has 0 saturated heterocycles. The SMILES string of the molecule is CCCCCCC1CCC(c2ccc(-c3ccc(C(=O)OCC(C)OC(=O)c4ccc(-c5ccc(C6CCC(CCCCCC)CC6)cc5)cc4)cc3)cc2)CC1. The third kappa shape index (κ3) is 12.7. The van der Waals surface area contributed by atoms with Crippen molar-refractivity contribution < 1.29 is 19.1 Å². The molecule has 0 radical (unpaired) electrons. The summed E-state index contributed by atoms with van der Waals surface area (Å²) in [5, 5.41) is 0. The van der Waals surface area contributed by atoms with E-state index in [2.05, 4.69) is 62.4 Å². The number of unbranched alkanes of at least 4 members (excludes halogenated alkanes) is 6. The zero-order valence-electron chi connectivity index (χ0n) is 35.2. The van der Waals surface area contributed by atoms with E-state index < -0.39 is 18.0 Å². The molecule has 0 N–H and O–H groups in total. The number of ether oxygens (including phenoxy) is 2. The van der Waals surface area contributed by atoms with E-state index in [9.17, 15) is 9.59 Å². The Kier molecular flexibility index (Phi) is 16.4. The van der Waals surface area contributed by atoms with Crippen molar-refractivity contribution in [1.82, 2.24) is 0 Å². The molecule has 2 aliphatic rings. The monoisotopic (exact) mass is 769 g/mol. The Hall–Kier alpha value is -4.18. The minimum atomic E-state index is -0.580. The summed E-state index contributed by atoms with van der Waals surface area (Å²) in [4.78, 5) is 25.8. The van der Waals surface area contributed by atoms with Crippen LogP contribution in [0, 0.1) is 11.8 Å². The molecule has 4 aromatic carbocycles. The van der Waals surface area contributed by atoms with Gasteiger partial charge in [0, 0.05) is 0 Å². The lowest BCUT2D eigenvalue weighted by Gasteiger charge is -2.29. The molecule has 0 amide bonds. The molecular formula is C53H68O4. The molecule has 57 heavy (non-hydrogen) atoms. The second kappa shape index (κ2) is 22.1. The lowest BCUT2D eigenvalue weighted by atomic mass is 9.77. The van der Waals surface area contributed by atoms with Gasteiger partial charge in [0.05, 0.1) is 11.1 Å². The molecule has 2 aliphatic carbocycles. The third-order valence-corrected chi connectivity index (χ3v) is 13.1. The molecule has 1 unspecified atom stereocenters. The number of carbonyl (C=O) groups is 2. The Morgan fingerprint density at radius 3 is 1.25 bits per heavy atom. The standard InChI is InChI=1S/C53H68O4/c1-4-6-8-10-12-40-14-18-42(19-15-40)44-22-26-46(27-23-44)48-30-34-50(35-31-48)52(54)56-38-39(3)57-53(55)51-36-32-49(33-37-51)47-28-24-45(25-29-47)43-20-16-41(17-21-43)13-11-9-7-5-2/h22-37,39-43H,4-21,38H2,1-3H3. The second-order valence-corrected chi connectivity index (χ2v) is 17.3. The van der Waals surface area contributed by atoms with Crippen molar-refractivity contribution in [1.29, 1.82) is 0 Å². The van der Waals surface area contributed by atoms with Gasteiger partial charge in [-0.3, -0.25) is 0 Å². The fraction of sp³-hybridized carbons (Fsp3) is 0.509. The van der Waals surface area contributed by atoms with Crippen LogP contribution in [0.25, 0.3) is 22.3 Å². The number of esters is 2. The topological polar surface area (TPSA) is 52.6 Å². The van der Waals surface area contributed by atoms with Crippen LogP contribution in [0.15, 0.2) is 97.1 Å². The Labute approximate surface area is 344 Å². The molecule has 0 heterocycles. The van der Waals surface area contributed by atoms with Gasteiger partial charge in [-0.25, -0.2) is 9.59 Å². The van der Waals surface area contributed by atoms with Crippen LogP contribution in [-0.2, 0) is 9.47 Å². The highest BCUT2D eigenvalue weighted by molar-refractivity contribution is 5.91. The van der Waals surface area contributed by atoms with Gasteiger partial charge in [0.25, 0.3) is 0 Å². The molecule has 4 aromatic rings. The first-order chi connectivity index (χ1) is 27.9. The van der Waals surface area contributed by atoms with E-state index in [4.69, 9.17) is 9.47 Å². The zero-order valence-corrected chi connectivity index (χ0v) is 35.2. The molecule has 0 aliphatic heterocycles. The summed E-state index contributed by atoms with van der Waals surface area (Å²) < 4.78 is 11.2. The van der Waals surface area contributed by atoms with E-state index in [0.717, 1.165) is 34.1 Å². The van der Waals surface area contributed by atoms with Crippen molar-refractivity contribution in [3.05, 3.63) is 119 Å². The highest BCUT2D eigenvalue weighted by Crippen LogP contribution is 2.40. The number of hydrogen-bond acceptors (Lipinski definition) is 4. The van der Waals surface area contributed by atoms with Crippen LogP contribution in [0.2, 0.25) is 0 Å². The number of rotatable bonds is 19. The molecule has 2 saturated carbocycles. The van der Waals surface area contributed by atoms with Crippen LogP contribution in [-0.4, -0.2) is 24.6 Å². The smallest absolute Gasteiger partial charge is 0.338 e. The van der Waals surface area contributed by atoms with Crippen LogP contribution < -0.4 is 0 Å². The summed E-state index contributed by atoms with van der Waals surface area (Å²) in [6.45, 7) is 6.30. The maximum absolute atomic E-state index is 12.9. The van der Waals surface area contributed by atoms with Crippen LogP contribution in [0.3, 0.4) is 0 Å². The van der Waals surface area contributed by atoms with Gasteiger partial charge in [0.2, 0.25) is 0 Å². The molecule has 4 heteroatoms. The maximum Gasteiger partial charge on any atom is 0.338 e. The number of benzene rings is 4. The maximum atomic E-state index is 12.9.